The largest absolute Gasteiger partial charge is 0.481 e. The van der Waals surface area contributed by atoms with E-state index >= 15 is 0 Å². The minimum absolute atomic E-state index is 0.0211. The van der Waals surface area contributed by atoms with E-state index in [1.165, 1.54) is 19.3 Å². The van der Waals surface area contributed by atoms with Crippen molar-refractivity contribution in [3.8, 4) is 0 Å². The third kappa shape index (κ3) is 3.47. The van der Waals surface area contributed by atoms with Crippen LogP contribution in [0.3, 0.4) is 0 Å². The summed E-state index contributed by atoms with van der Waals surface area (Å²) in [6.07, 6.45) is 4.87. The number of rotatable bonds is 6. The number of carbonyl (C=O) groups is 2. The molecule has 0 aliphatic carbocycles. The van der Waals surface area contributed by atoms with Gasteiger partial charge in [-0.3, -0.25) is 9.59 Å². The molecule has 0 aromatic heterocycles. The summed E-state index contributed by atoms with van der Waals surface area (Å²) in [6.45, 7) is 5.66. The van der Waals surface area contributed by atoms with E-state index in [0.717, 1.165) is 26.1 Å². The van der Waals surface area contributed by atoms with Crippen molar-refractivity contribution in [1.82, 2.24) is 9.80 Å². The summed E-state index contributed by atoms with van der Waals surface area (Å²) in [5, 5.41) is 9.00. The lowest BCUT2D eigenvalue weighted by Gasteiger charge is -2.24. The lowest BCUT2D eigenvalue weighted by molar-refractivity contribution is -0.141. The molecule has 2 atom stereocenters. The normalized spacial score (nSPS) is 28.3. The minimum atomic E-state index is -0.839. The predicted octanol–water partition coefficient (Wildman–Crippen LogP) is 1.18. The van der Waals surface area contributed by atoms with Crippen LogP contribution in [-0.2, 0) is 9.59 Å². The second kappa shape index (κ2) is 6.37. The highest BCUT2D eigenvalue weighted by Crippen LogP contribution is 2.25. The first-order valence-electron chi connectivity index (χ1n) is 7.36. The lowest BCUT2D eigenvalue weighted by atomic mass is 10.1. The third-order valence-corrected chi connectivity index (χ3v) is 4.27. The summed E-state index contributed by atoms with van der Waals surface area (Å²) in [6, 6.07) is 0.235. The number of hydrogen-bond acceptors (Lipinski definition) is 3. The zero-order valence-electron chi connectivity index (χ0n) is 11.7. The first-order valence-corrected chi connectivity index (χ1v) is 7.36. The molecule has 2 heterocycles. The highest BCUT2D eigenvalue weighted by atomic mass is 16.4. The Morgan fingerprint density at radius 1 is 1.37 bits per heavy atom. The molecule has 0 radical (unpaired) electrons. The van der Waals surface area contributed by atoms with Crippen molar-refractivity contribution in [2.24, 2.45) is 5.92 Å². The molecule has 108 valence electrons. The minimum Gasteiger partial charge on any atom is -0.481 e. The standard InChI is InChI=1S/C14H24N2O3/c1-2-3-4-6-15-7-5-12(10-15)16-9-11(14(18)19)8-13(16)17/h11-12H,2-10H2,1H3,(H,18,19). The molecule has 2 fully saturated rings. The Labute approximate surface area is 114 Å². The number of carbonyl (C=O) groups excluding carboxylic acids is 1. The van der Waals surface area contributed by atoms with Crippen LogP contribution in [0.4, 0.5) is 0 Å². The average Bonchev–Trinajstić information content (AvgIpc) is 2.96. The summed E-state index contributed by atoms with van der Waals surface area (Å²) in [5.41, 5.74) is 0. The van der Waals surface area contributed by atoms with Crippen molar-refractivity contribution in [3.05, 3.63) is 0 Å². The molecule has 0 saturated carbocycles. The lowest BCUT2D eigenvalue weighted by Crippen LogP contribution is -2.39. The van der Waals surface area contributed by atoms with Crippen LogP contribution in [0.5, 0.6) is 0 Å². The van der Waals surface area contributed by atoms with Gasteiger partial charge in [-0.05, 0) is 19.4 Å². The first-order chi connectivity index (χ1) is 9.11. The van der Waals surface area contributed by atoms with Crippen molar-refractivity contribution < 1.29 is 14.7 Å². The summed E-state index contributed by atoms with van der Waals surface area (Å²) >= 11 is 0. The molecule has 2 aliphatic rings. The van der Waals surface area contributed by atoms with Gasteiger partial charge < -0.3 is 14.9 Å². The number of nitrogens with zero attached hydrogens (tertiary/aromatic N) is 2. The summed E-state index contributed by atoms with van der Waals surface area (Å²) < 4.78 is 0. The molecule has 1 N–H and O–H groups in total. The topological polar surface area (TPSA) is 60.9 Å². The molecule has 0 aromatic carbocycles. The maximum atomic E-state index is 11.9. The van der Waals surface area contributed by atoms with Gasteiger partial charge in [-0.1, -0.05) is 19.8 Å². The van der Waals surface area contributed by atoms with Gasteiger partial charge in [-0.2, -0.15) is 0 Å². The van der Waals surface area contributed by atoms with Gasteiger partial charge in [0.05, 0.1) is 5.92 Å². The van der Waals surface area contributed by atoms with Gasteiger partial charge in [0.15, 0.2) is 0 Å². The van der Waals surface area contributed by atoms with Gasteiger partial charge >= 0.3 is 5.97 Å². The molecule has 2 rings (SSSR count). The molecule has 0 aromatic rings. The van der Waals surface area contributed by atoms with Gasteiger partial charge in [-0.25, -0.2) is 0 Å². The maximum absolute atomic E-state index is 11.9. The van der Waals surface area contributed by atoms with E-state index in [4.69, 9.17) is 5.11 Å². The molecule has 1 amide bonds. The molecular weight excluding hydrogens is 244 g/mol. The highest BCUT2D eigenvalue weighted by molar-refractivity contribution is 5.86. The maximum Gasteiger partial charge on any atom is 0.308 e. The Hall–Kier alpha value is -1.10. The summed E-state index contributed by atoms with van der Waals surface area (Å²) in [5.74, 6) is -1.32. The average molecular weight is 268 g/mol. The van der Waals surface area contributed by atoms with Gasteiger partial charge in [-0.15, -0.1) is 0 Å². The van der Waals surface area contributed by atoms with E-state index in [-0.39, 0.29) is 18.4 Å². The van der Waals surface area contributed by atoms with E-state index in [9.17, 15) is 9.59 Å². The Kier molecular flexibility index (Phi) is 4.80. The molecule has 2 aliphatic heterocycles. The zero-order valence-corrected chi connectivity index (χ0v) is 11.7. The van der Waals surface area contributed by atoms with Crippen LogP contribution in [0.25, 0.3) is 0 Å². The number of unbranched alkanes of at least 4 members (excludes halogenated alkanes) is 2. The Balaban J connectivity index is 1.80. The van der Waals surface area contributed by atoms with E-state index in [1.807, 2.05) is 0 Å². The first kappa shape index (κ1) is 14.3. The molecule has 0 spiro atoms. The zero-order chi connectivity index (χ0) is 13.8. The van der Waals surface area contributed by atoms with Gasteiger partial charge in [0.1, 0.15) is 0 Å². The van der Waals surface area contributed by atoms with E-state index in [1.54, 1.807) is 4.90 Å². The van der Waals surface area contributed by atoms with Crippen LogP contribution in [-0.4, -0.2) is 59.0 Å². The number of likely N-dealkylation sites (tertiary alicyclic amines) is 2. The Morgan fingerprint density at radius 3 is 2.79 bits per heavy atom. The SMILES string of the molecule is CCCCCN1CCC(N2CC(C(=O)O)CC2=O)C1. The number of amides is 1. The summed E-state index contributed by atoms with van der Waals surface area (Å²) in [4.78, 5) is 27.1. The van der Waals surface area contributed by atoms with Crippen molar-refractivity contribution in [1.29, 1.82) is 0 Å². The van der Waals surface area contributed by atoms with Gasteiger partial charge in [0.25, 0.3) is 0 Å². The van der Waals surface area contributed by atoms with Crippen molar-refractivity contribution in [3.63, 3.8) is 0 Å². The van der Waals surface area contributed by atoms with Crippen LogP contribution in [0.15, 0.2) is 0 Å². The van der Waals surface area contributed by atoms with Crippen LogP contribution in [0.2, 0.25) is 0 Å². The van der Waals surface area contributed by atoms with E-state index < -0.39 is 11.9 Å². The molecular formula is C14H24N2O3. The third-order valence-electron chi connectivity index (χ3n) is 4.27. The van der Waals surface area contributed by atoms with Gasteiger partial charge in [0, 0.05) is 32.1 Å². The predicted molar refractivity (Wildman–Crippen MR) is 71.8 cm³/mol. The van der Waals surface area contributed by atoms with Crippen LogP contribution in [0.1, 0.15) is 39.0 Å². The monoisotopic (exact) mass is 268 g/mol. The molecule has 5 nitrogen and oxygen atoms in total. The Morgan fingerprint density at radius 2 is 2.16 bits per heavy atom. The fraction of sp³-hybridized carbons (Fsp3) is 0.857. The van der Waals surface area contributed by atoms with Crippen LogP contribution >= 0.6 is 0 Å². The second-order valence-corrected chi connectivity index (χ2v) is 5.74. The van der Waals surface area contributed by atoms with E-state index in [0.29, 0.717) is 6.54 Å². The fourth-order valence-corrected chi connectivity index (χ4v) is 3.11. The second-order valence-electron chi connectivity index (χ2n) is 5.74. The van der Waals surface area contributed by atoms with E-state index in [2.05, 4.69) is 11.8 Å². The quantitative estimate of drug-likeness (QED) is 0.735. The molecule has 19 heavy (non-hydrogen) atoms. The summed E-state index contributed by atoms with van der Waals surface area (Å²) in [7, 11) is 0. The number of hydrogen-bond donors (Lipinski definition) is 1. The number of aliphatic carboxylic acids is 1. The van der Waals surface area contributed by atoms with Gasteiger partial charge in [0.2, 0.25) is 5.91 Å². The Bertz CT molecular complexity index is 346. The van der Waals surface area contributed by atoms with Crippen molar-refractivity contribution in [2.75, 3.05) is 26.2 Å². The van der Waals surface area contributed by atoms with Crippen LogP contribution in [0, 0.1) is 5.92 Å². The van der Waals surface area contributed by atoms with Crippen LogP contribution < -0.4 is 0 Å². The fourth-order valence-electron chi connectivity index (χ4n) is 3.11. The molecule has 2 unspecified atom stereocenters. The molecule has 5 heteroatoms. The molecule has 0 bridgehead atoms. The number of carboxylic acid groups (broad SMARTS) is 1. The highest BCUT2D eigenvalue weighted by Gasteiger charge is 2.39. The van der Waals surface area contributed by atoms with Crippen molar-refractivity contribution >= 4 is 11.9 Å². The smallest absolute Gasteiger partial charge is 0.308 e. The van der Waals surface area contributed by atoms with Crippen molar-refractivity contribution in [2.45, 2.75) is 45.1 Å². The molecule has 2 saturated heterocycles. The number of carboxylic acids is 1.